The van der Waals surface area contributed by atoms with Gasteiger partial charge in [0.2, 0.25) is 0 Å². The first-order valence-corrected chi connectivity index (χ1v) is 7.18. The van der Waals surface area contributed by atoms with Crippen molar-refractivity contribution in [2.75, 3.05) is 18.2 Å². The summed E-state index contributed by atoms with van der Waals surface area (Å²) >= 11 is 3.22. The minimum atomic E-state index is -0.386. The molecule has 1 aromatic heterocycles. The van der Waals surface area contributed by atoms with Crippen LogP contribution in [-0.4, -0.2) is 17.1 Å². The van der Waals surface area contributed by atoms with E-state index < -0.39 is 0 Å². The number of nitrogen functional groups attached to an aromatic ring is 1. The van der Waals surface area contributed by atoms with Crippen molar-refractivity contribution in [3.05, 3.63) is 46.9 Å². The van der Waals surface area contributed by atoms with Crippen molar-refractivity contribution in [2.45, 2.75) is 0 Å². The van der Waals surface area contributed by atoms with Crippen LogP contribution in [0.3, 0.4) is 0 Å². The molecule has 0 unspecified atom stereocenters. The van der Waals surface area contributed by atoms with Crippen molar-refractivity contribution in [1.29, 1.82) is 0 Å². The molecule has 0 aliphatic carbocycles. The SMILES string of the molecule is COc1cc2ncnc(Nc3ccc(Br)cc3F)c2cc1N.Cl. The van der Waals surface area contributed by atoms with Crippen molar-refractivity contribution in [1.82, 2.24) is 9.97 Å². The van der Waals surface area contributed by atoms with E-state index >= 15 is 0 Å². The predicted molar refractivity (Wildman–Crippen MR) is 95.1 cm³/mol. The number of fused-ring (bicyclic) bond motifs is 1. The highest BCUT2D eigenvalue weighted by Crippen LogP contribution is 2.31. The molecule has 0 aliphatic rings. The van der Waals surface area contributed by atoms with Gasteiger partial charge in [0, 0.05) is 15.9 Å². The molecule has 1 heterocycles. The van der Waals surface area contributed by atoms with Crippen LogP contribution in [0.15, 0.2) is 41.1 Å². The van der Waals surface area contributed by atoms with E-state index in [0.717, 1.165) is 0 Å². The number of nitrogens with zero attached hydrogens (tertiary/aromatic N) is 2. The number of halogens is 3. The summed E-state index contributed by atoms with van der Waals surface area (Å²) in [4.78, 5) is 8.35. The van der Waals surface area contributed by atoms with Gasteiger partial charge < -0.3 is 15.8 Å². The zero-order chi connectivity index (χ0) is 15.7. The van der Waals surface area contributed by atoms with Gasteiger partial charge in [0.15, 0.2) is 0 Å². The Balaban J connectivity index is 0.00000192. The molecule has 0 bridgehead atoms. The van der Waals surface area contributed by atoms with E-state index in [0.29, 0.717) is 38.3 Å². The summed E-state index contributed by atoms with van der Waals surface area (Å²) in [5.41, 5.74) is 7.35. The lowest BCUT2D eigenvalue weighted by molar-refractivity contribution is 0.417. The molecule has 0 saturated carbocycles. The summed E-state index contributed by atoms with van der Waals surface area (Å²) in [5.74, 6) is 0.621. The molecule has 0 radical (unpaired) electrons. The molecule has 2 aromatic carbocycles. The first kappa shape index (κ1) is 17.2. The summed E-state index contributed by atoms with van der Waals surface area (Å²) in [6, 6.07) is 8.16. The van der Waals surface area contributed by atoms with Crippen LogP contribution >= 0.6 is 28.3 Å². The molecular weight excluding hydrogens is 387 g/mol. The molecule has 5 nitrogen and oxygen atoms in total. The molecule has 0 fully saturated rings. The molecule has 23 heavy (non-hydrogen) atoms. The lowest BCUT2D eigenvalue weighted by Gasteiger charge is -2.11. The highest BCUT2D eigenvalue weighted by Gasteiger charge is 2.10. The maximum Gasteiger partial charge on any atom is 0.147 e. The first-order valence-electron chi connectivity index (χ1n) is 6.39. The number of rotatable bonds is 3. The molecule has 120 valence electrons. The Morgan fingerprint density at radius 2 is 2.00 bits per heavy atom. The van der Waals surface area contributed by atoms with E-state index in [1.54, 1.807) is 24.3 Å². The summed E-state index contributed by atoms with van der Waals surface area (Å²) in [6.45, 7) is 0. The number of hydrogen-bond acceptors (Lipinski definition) is 5. The molecule has 3 N–H and O–H groups in total. The van der Waals surface area contributed by atoms with E-state index in [1.165, 1.54) is 19.5 Å². The number of anilines is 3. The van der Waals surface area contributed by atoms with Gasteiger partial charge in [-0.25, -0.2) is 14.4 Å². The quantitative estimate of drug-likeness (QED) is 0.643. The summed E-state index contributed by atoms with van der Waals surface area (Å²) in [7, 11) is 1.54. The highest BCUT2D eigenvalue weighted by molar-refractivity contribution is 9.10. The molecule has 0 saturated heterocycles. The molecule has 0 spiro atoms. The number of aromatic nitrogens is 2. The van der Waals surface area contributed by atoms with Crippen molar-refractivity contribution in [2.24, 2.45) is 0 Å². The summed E-state index contributed by atoms with van der Waals surface area (Å²) in [6.07, 6.45) is 1.40. The highest BCUT2D eigenvalue weighted by atomic mass is 79.9. The Morgan fingerprint density at radius 3 is 2.70 bits per heavy atom. The third-order valence-electron chi connectivity index (χ3n) is 3.17. The second-order valence-corrected chi connectivity index (χ2v) is 5.50. The lowest BCUT2D eigenvalue weighted by atomic mass is 10.2. The van der Waals surface area contributed by atoms with Crippen molar-refractivity contribution >= 4 is 56.4 Å². The average molecular weight is 400 g/mol. The molecule has 0 amide bonds. The predicted octanol–water partition coefficient (Wildman–Crippen LogP) is 4.29. The summed E-state index contributed by atoms with van der Waals surface area (Å²) < 4.78 is 19.8. The number of hydrogen-bond donors (Lipinski definition) is 2. The van der Waals surface area contributed by atoms with Gasteiger partial charge in [-0.3, -0.25) is 0 Å². The first-order chi connectivity index (χ1) is 10.6. The van der Waals surface area contributed by atoms with Gasteiger partial charge in [-0.15, -0.1) is 12.4 Å². The monoisotopic (exact) mass is 398 g/mol. The minimum Gasteiger partial charge on any atom is -0.495 e. The van der Waals surface area contributed by atoms with Crippen LogP contribution in [0.1, 0.15) is 0 Å². The zero-order valence-electron chi connectivity index (χ0n) is 12.0. The third-order valence-corrected chi connectivity index (χ3v) is 3.66. The number of methoxy groups -OCH3 is 1. The molecule has 0 atom stereocenters. The fourth-order valence-electron chi connectivity index (χ4n) is 2.10. The van der Waals surface area contributed by atoms with E-state index in [2.05, 4.69) is 31.2 Å². The fraction of sp³-hybridized carbons (Fsp3) is 0.0667. The maximum absolute atomic E-state index is 14.0. The van der Waals surface area contributed by atoms with Crippen LogP contribution in [0, 0.1) is 5.82 Å². The van der Waals surface area contributed by atoms with E-state index in [9.17, 15) is 4.39 Å². The van der Waals surface area contributed by atoms with E-state index in [4.69, 9.17) is 10.5 Å². The maximum atomic E-state index is 14.0. The third kappa shape index (κ3) is 3.46. The molecular formula is C15H13BrClFN4O. The largest absolute Gasteiger partial charge is 0.495 e. The Morgan fingerprint density at radius 1 is 1.22 bits per heavy atom. The fourth-order valence-corrected chi connectivity index (χ4v) is 2.43. The standard InChI is InChI=1S/C15H12BrFN4O.ClH/c1-22-14-6-13-9(5-11(14)18)15(20-7-19-13)21-12-3-2-8(16)4-10(12)17;/h2-7H,18H2,1H3,(H,19,20,21);1H. The van der Waals surface area contributed by atoms with Gasteiger partial charge in [-0.2, -0.15) is 0 Å². The Labute approximate surface area is 146 Å². The zero-order valence-corrected chi connectivity index (χ0v) is 14.4. The van der Waals surface area contributed by atoms with Gasteiger partial charge in [-0.1, -0.05) is 15.9 Å². The normalized spacial score (nSPS) is 10.2. The molecule has 0 aliphatic heterocycles. The topological polar surface area (TPSA) is 73.1 Å². The van der Waals surface area contributed by atoms with Crippen LogP contribution < -0.4 is 15.8 Å². The van der Waals surface area contributed by atoms with Gasteiger partial charge in [-0.05, 0) is 24.3 Å². The Kier molecular flexibility index (Phi) is 5.23. The van der Waals surface area contributed by atoms with Crippen LogP contribution in [-0.2, 0) is 0 Å². The van der Waals surface area contributed by atoms with E-state index in [1.807, 2.05) is 0 Å². The van der Waals surface area contributed by atoms with Crippen LogP contribution in [0.2, 0.25) is 0 Å². The molecule has 8 heteroatoms. The van der Waals surface area contributed by atoms with Gasteiger partial charge in [0.1, 0.15) is 23.7 Å². The Bertz CT molecular complexity index is 862. The van der Waals surface area contributed by atoms with Gasteiger partial charge >= 0.3 is 0 Å². The Hall–Kier alpha value is -2.12. The number of nitrogens with one attached hydrogen (secondary N) is 1. The second kappa shape index (κ2) is 6.97. The smallest absolute Gasteiger partial charge is 0.147 e. The summed E-state index contributed by atoms with van der Waals surface area (Å²) in [5, 5.41) is 3.65. The molecule has 3 rings (SSSR count). The number of ether oxygens (including phenoxy) is 1. The number of benzene rings is 2. The van der Waals surface area contributed by atoms with Crippen molar-refractivity contribution in [3.8, 4) is 5.75 Å². The van der Waals surface area contributed by atoms with E-state index in [-0.39, 0.29) is 18.2 Å². The van der Waals surface area contributed by atoms with Gasteiger partial charge in [0.25, 0.3) is 0 Å². The van der Waals surface area contributed by atoms with Gasteiger partial charge in [0.05, 0.1) is 24.0 Å². The second-order valence-electron chi connectivity index (χ2n) is 4.58. The minimum absolute atomic E-state index is 0. The van der Waals surface area contributed by atoms with Crippen LogP contribution in [0.4, 0.5) is 21.6 Å². The average Bonchev–Trinajstić information content (AvgIpc) is 2.50. The van der Waals surface area contributed by atoms with Crippen LogP contribution in [0.25, 0.3) is 10.9 Å². The van der Waals surface area contributed by atoms with Crippen molar-refractivity contribution < 1.29 is 9.13 Å². The lowest BCUT2D eigenvalue weighted by Crippen LogP contribution is -2.00. The number of nitrogens with two attached hydrogens (primary N) is 1. The van der Waals surface area contributed by atoms with Crippen LogP contribution in [0.5, 0.6) is 5.75 Å². The van der Waals surface area contributed by atoms with Crippen molar-refractivity contribution in [3.63, 3.8) is 0 Å². The molecule has 3 aromatic rings.